The number of nitroso groups, excluding NO2 is 1. The highest BCUT2D eigenvalue weighted by Gasteiger charge is 2.36. The van der Waals surface area contributed by atoms with Gasteiger partial charge in [-0.3, -0.25) is 4.79 Å². The summed E-state index contributed by atoms with van der Waals surface area (Å²) in [6, 6.07) is 8.97. The Balaban J connectivity index is 2.10. The topological polar surface area (TPSA) is 88.0 Å². The molecule has 1 amide bonds. The molecule has 2 aromatic rings. The van der Waals surface area contributed by atoms with Gasteiger partial charge in [0, 0.05) is 5.69 Å². The molecule has 0 unspecified atom stereocenters. The van der Waals surface area contributed by atoms with E-state index in [-0.39, 0.29) is 11.4 Å². The molecule has 2 N–H and O–H groups in total. The van der Waals surface area contributed by atoms with E-state index in [2.05, 4.69) is 22.6 Å². The molecule has 0 fully saturated rings. The first kappa shape index (κ1) is 20.1. The molecule has 2 rings (SSSR count). The lowest BCUT2D eigenvalue weighted by Gasteiger charge is -2.22. The number of nitrogens with zero attached hydrogens (tertiary/aromatic N) is 1. The van der Waals surface area contributed by atoms with E-state index in [0.29, 0.717) is 6.07 Å². The van der Waals surface area contributed by atoms with Crippen LogP contribution in [0.4, 0.5) is 28.9 Å². The number of aliphatic hydroxyl groups is 1. The third-order valence-corrected chi connectivity index (χ3v) is 3.34. The van der Waals surface area contributed by atoms with Crippen LogP contribution in [0.15, 0.2) is 35.5 Å². The van der Waals surface area contributed by atoms with Crippen molar-refractivity contribution >= 4 is 17.3 Å². The lowest BCUT2D eigenvalue weighted by molar-refractivity contribution is -0.137. The average molecular weight is 384 g/mol. The monoisotopic (exact) mass is 384 g/mol. The Morgan fingerprint density at radius 1 is 1.26 bits per heavy atom. The second kappa shape index (κ2) is 7.59. The minimum absolute atomic E-state index is 0.00485. The number of rotatable bonds is 6. The molecule has 27 heavy (non-hydrogen) atoms. The first-order chi connectivity index (χ1) is 12.5. The van der Waals surface area contributed by atoms with E-state index in [4.69, 9.17) is 4.74 Å². The molecule has 142 valence electrons. The van der Waals surface area contributed by atoms with Crippen molar-refractivity contribution in [3.05, 3.63) is 58.8 Å². The molecule has 0 radical (unpaired) electrons. The first-order valence-corrected chi connectivity index (χ1v) is 7.33. The summed E-state index contributed by atoms with van der Waals surface area (Å²) in [7, 11) is 0. The molecule has 0 heterocycles. The largest absolute Gasteiger partial charge is 0.482 e. The minimum atomic E-state index is -4.86. The van der Waals surface area contributed by atoms with Crippen molar-refractivity contribution in [2.45, 2.75) is 18.7 Å². The summed E-state index contributed by atoms with van der Waals surface area (Å²) >= 11 is 0. The van der Waals surface area contributed by atoms with E-state index in [9.17, 15) is 32.4 Å². The van der Waals surface area contributed by atoms with E-state index in [1.54, 1.807) is 0 Å². The Morgan fingerprint density at radius 2 is 1.96 bits per heavy atom. The highest BCUT2D eigenvalue weighted by atomic mass is 19.4. The second-order valence-corrected chi connectivity index (χ2v) is 5.63. The van der Waals surface area contributed by atoms with E-state index >= 15 is 0 Å². The smallest absolute Gasteiger partial charge is 0.418 e. The summed E-state index contributed by atoms with van der Waals surface area (Å²) in [6.45, 7) is 0.483. The number of hydrogen-bond donors (Lipinski definition) is 2. The molecule has 10 heteroatoms. The zero-order chi connectivity index (χ0) is 20.2. The number of hydrogen-bond acceptors (Lipinski definition) is 5. The van der Waals surface area contributed by atoms with Crippen molar-refractivity contribution in [3.63, 3.8) is 0 Å². The zero-order valence-corrected chi connectivity index (χ0v) is 13.7. The first-order valence-electron chi connectivity index (χ1n) is 7.33. The maximum atomic E-state index is 12.9. The summed E-state index contributed by atoms with van der Waals surface area (Å²) in [5.41, 5.74) is -4.61. The van der Waals surface area contributed by atoms with Gasteiger partial charge in [0.15, 0.2) is 17.2 Å². The predicted molar refractivity (Wildman–Crippen MR) is 85.7 cm³/mol. The van der Waals surface area contributed by atoms with E-state index in [0.717, 1.165) is 25.1 Å². The van der Waals surface area contributed by atoms with E-state index < -0.39 is 41.4 Å². The van der Waals surface area contributed by atoms with Crippen LogP contribution in [-0.4, -0.2) is 23.2 Å². The molecular weight excluding hydrogens is 372 g/mol. The van der Waals surface area contributed by atoms with Crippen molar-refractivity contribution in [1.29, 1.82) is 0 Å². The molecule has 0 aliphatic rings. The molecule has 0 saturated carbocycles. The normalized spacial score (nSPS) is 13.3. The van der Waals surface area contributed by atoms with Crippen LogP contribution >= 0.6 is 0 Å². The van der Waals surface area contributed by atoms with Gasteiger partial charge in [0.2, 0.25) is 0 Å². The third-order valence-electron chi connectivity index (χ3n) is 3.34. The number of nitrogens with one attached hydrogen (secondary N) is 1. The summed E-state index contributed by atoms with van der Waals surface area (Å²) in [5.74, 6) is -1.74. The Morgan fingerprint density at radius 3 is 2.52 bits per heavy atom. The predicted octanol–water partition coefficient (Wildman–Crippen LogP) is 3.61. The number of alkyl halides is 3. The van der Waals surface area contributed by atoms with E-state index in [1.807, 2.05) is 0 Å². The summed E-state index contributed by atoms with van der Waals surface area (Å²) in [6.07, 6.45) is -4.86. The third kappa shape index (κ3) is 5.15. The highest BCUT2D eigenvalue weighted by Crippen LogP contribution is 2.37. The Bertz CT molecular complexity index is 836. The minimum Gasteiger partial charge on any atom is -0.482 e. The van der Waals surface area contributed by atoms with Crippen LogP contribution in [0.2, 0.25) is 0 Å². The van der Waals surface area contributed by atoms with Gasteiger partial charge in [0.05, 0.1) is 5.56 Å². The number of anilines is 1. The zero-order valence-electron chi connectivity index (χ0n) is 13.7. The summed E-state index contributed by atoms with van der Waals surface area (Å²) < 4.78 is 56.6. The quantitative estimate of drug-likeness (QED) is 0.588. The highest BCUT2D eigenvalue weighted by molar-refractivity contribution is 5.97. The van der Waals surface area contributed by atoms with Gasteiger partial charge in [-0.1, -0.05) is 0 Å². The van der Waals surface area contributed by atoms with Crippen LogP contribution in [0, 0.1) is 22.9 Å². The molecule has 0 aliphatic heterocycles. The number of carbonyl (C=O) groups excluding carboxylic acids is 1. The fraction of sp³-hybridized carbons (Fsp3) is 0.235. The molecule has 1 atom stereocenters. The van der Waals surface area contributed by atoms with Crippen LogP contribution in [0.5, 0.6) is 5.75 Å². The van der Waals surface area contributed by atoms with Crippen LogP contribution in [-0.2, 0) is 11.0 Å². The average Bonchev–Trinajstić information content (AvgIpc) is 2.60. The van der Waals surface area contributed by atoms with Gasteiger partial charge in [-0.05, 0) is 54.6 Å². The van der Waals surface area contributed by atoms with Crippen molar-refractivity contribution in [1.82, 2.24) is 0 Å². The number of carbonyl (C=O) groups is 1. The molecule has 0 aliphatic carbocycles. The Hall–Kier alpha value is -3.19. The van der Waals surface area contributed by atoms with Crippen molar-refractivity contribution in [2.24, 2.45) is 5.18 Å². The molecule has 0 aromatic heterocycles. The molecule has 6 nitrogen and oxygen atoms in total. The lowest BCUT2D eigenvalue weighted by Crippen LogP contribution is -2.45. The van der Waals surface area contributed by atoms with Gasteiger partial charge < -0.3 is 15.2 Å². The van der Waals surface area contributed by atoms with Crippen LogP contribution in [0.25, 0.3) is 0 Å². The number of amides is 1. The maximum Gasteiger partial charge on any atom is 0.418 e. The standard InChI is InChI=1S/C17H12F4N2O4/c1-16(25,9-27-12-5-2-10(18)3-6-12)15(24)22-11-4-7-14(23-26)13(8-11)17(19,20)21/h2,4-5,7-8,25H,9H2,1H3,(H,22,24)/t16-/m0/s1. The van der Waals surface area contributed by atoms with E-state index in [1.165, 1.54) is 6.07 Å². The van der Waals surface area contributed by atoms with Crippen LogP contribution < -0.4 is 10.1 Å². The van der Waals surface area contributed by atoms with Crippen molar-refractivity contribution < 1.29 is 32.2 Å². The van der Waals surface area contributed by atoms with Crippen LogP contribution in [0.3, 0.4) is 0 Å². The molecule has 0 saturated heterocycles. The van der Waals surface area contributed by atoms with Gasteiger partial charge in [-0.25, -0.2) is 0 Å². The fourth-order valence-corrected chi connectivity index (χ4v) is 1.91. The van der Waals surface area contributed by atoms with Gasteiger partial charge in [-0.2, -0.15) is 17.6 Å². The molecule has 0 bridgehead atoms. The number of ether oxygens (including phenoxy) is 1. The summed E-state index contributed by atoms with van der Waals surface area (Å²) in [5, 5.41) is 14.6. The lowest BCUT2D eigenvalue weighted by atomic mass is 10.1. The van der Waals surface area contributed by atoms with Crippen molar-refractivity contribution in [2.75, 3.05) is 11.9 Å². The Kier molecular flexibility index (Phi) is 5.66. The second-order valence-electron chi connectivity index (χ2n) is 5.63. The fourth-order valence-electron chi connectivity index (χ4n) is 1.91. The van der Waals surface area contributed by atoms with Crippen molar-refractivity contribution in [3.8, 4) is 5.75 Å². The number of halogens is 4. The molecule has 0 spiro atoms. The van der Waals surface area contributed by atoms with Gasteiger partial charge in [0.25, 0.3) is 5.91 Å². The van der Waals surface area contributed by atoms with Gasteiger partial charge in [0.1, 0.15) is 12.3 Å². The Labute approximate surface area is 150 Å². The van der Waals surface area contributed by atoms with Gasteiger partial charge >= 0.3 is 6.18 Å². The number of benzene rings is 1. The molecule has 2 aromatic carbocycles. The van der Waals surface area contributed by atoms with Gasteiger partial charge in [-0.15, -0.1) is 4.91 Å². The SMILES string of the molecule is C[C@](O)(COc1c#cc(F)cc1)C(=O)Nc1ccc(N=O)c(C(F)(F)F)c1. The summed E-state index contributed by atoms with van der Waals surface area (Å²) in [4.78, 5) is 22.6. The molecular formula is C17H12F4N2O4. The van der Waals surface area contributed by atoms with Crippen LogP contribution in [0.1, 0.15) is 12.5 Å². The maximum absolute atomic E-state index is 12.9.